The number of hydrogen-bond donors (Lipinski definition) is 1. The molecule has 5 heteroatoms. The molecule has 1 fully saturated rings. The molecular formula is C26H33FN2O2. The van der Waals surface area contributed by atoms with Gasteiger partial charge in [0.05, 0.1) is 6.42 Å². The van der Waals surface area contributed by atoms with Crippen molar-refractivity contribution in [3.05, 3.63) is 70.5 Å². The average molecular weight is 425 g/mol. The van der Waals surface area contributed by atoms with E-state index in [2.05, 4.69) is 11.4 Å². The quantitative estimate of drug-likeness (QED) is 0.691. The highest BCUT2D eigenvalue weighted by Gasteiger charge is 2.28. The van der Waals surface area contributed by atoms with Gasteiger partial charge in [-0.2, -0.15) is 0 Å². The SMILES string of the molecule is Cc1cc(C)cc(CC(=O)N(Cc2ccccc2F)[C@@H](C)C(=O)NC2CCCCC2)c1. The van der Waals surface area contributed by atoms with E-state index in [9.17, 15) is 14.0 Å². The number of carbonyl (C=O) groups is 2. The van der Waals surface area contributed by atoms with Crippen LogP contribution in [0.1, 0.15) is 61.3 Å². The van der Waals surface area contributed by atoms with E-state index in [0.29, 0.717) is 5.56 Å². The van der Waals surface area contributed by atoms with Crippen molar-refractivity contribution >= 4 is 11.8 Å². The molecule has 166 valence electrons. The molecule has 0 radical (unpaired) electrons. The molecule has 31 heavy (non-hydrogen) atoms. The molecule has 0 heterocycles. The lowest BCUT2D eigenvalue weighted by Gasteiger charge is -2.31. The Kier molecular flexibility index (Phi) is 7.83. The van der Waals surface area contributed by atoms with Gasteiger partial charge >= 0.3 is 0 Å². The highest BCUT2D eigenvalue weighted by Crippen LogP contribution is 2.19. The third-order valence-electron chi connectivity index (χ3n) is 6.05. The lowest BCUT2D eigenvalue weighted by atomic mass is 9.95. The Labute approximate surface area is 184 Å². The average Bonchev–Trinajstić information content (AvgIpc) is 2.72. The van der Waals surface area contributed by atoms with Gasteiger partial charge in [-0.25, -0.2) is 4.39 Å². The molecule has 0 spiro atoms. The molecule has 0 unspecified atom stereocenters. The standard InChI is InChI=1S/C26H33FN2O2/c1-18-13-19(2)15-21(14-18)16-25(30)29(17-22-9-7-8-12-24(22)27)20(3)26(31)28-23-10-5-4-6-11-23/h7-9,12-15,20,23H,4-6,10-11,16-17H2,1-3H3,(H,28,31)/t20-/m0/s1. The van der Waals surface area contributed by atoms with Crippen molar-refractivity contribution < 1.29 is 14.0 Å². The molecule has 0 saturated heterocycles. The predicted octanol–water partition coefficient (Wildman–Crippen LogP) is 4.85. The molecule has 2 aromatic rings. The highest BCUT2D eigenvalue weighted by molar-refractivity contribution is 5.88. The first-order valence-electron chi connectivity index (χ1n) is 11.2. The van der Waals surface area contributed by atoms with Crippen molar-refractivity contribution in [2.24, 2.45) is 0 Å². The Morgan fingerprint density at radius 3 is 2.35 bits per heavy atom. The van der Waals surface area contributed by atoms with Crippen LogP contribution in [0.4, 0.5) is 4.39 Å². The van der Waals surface area contributed by atoms with E-state index in [1.807, 2.05) is 26.0 Å². The van der Waals surface area contributed by atoms with Gasteiger partial charge in [0.15, 0.2) is 0 Å². The summed E-state index contributed by atoms with van der Waals surface area (Å²) < 4.78 is 14.3. The molecule has 3 rings (SSSR count). The number of nitrogens with one attached hydrogen (secondary N) is 1. The molecule has 0 aliphatic heterocycles. The fourth-order valence-electron chi connectivity index (χ4n) is 4.41. The van der Waals surface area contributed by atoms with Crippen LogP contribution in [0, 0.1) is 19.7 Å². The van der Waals surface area contributed by atoms with E-state index in [0.717, 1.165) is 42.4 Å². The highest BCUT2D eigenvalue weighted by atomic mass is 19.1. The van der Waals surface area contributed by atoms with Gasteiger partial charge in [-0.15, -0.1) is 0 Å². The monoisotopic (exact) mass is 424 g/mol. The van der Waals surface area contributed by atoms with Gasteiger partial charge in [-0.3, -0.25) is 9.59 Å². The van der Waals surface area contributed by atoms with Crippen LogP contribution >= 0.6 is 0 Å². The molecule has 1 N–H and O–H groups in total. The number of rotatable bonds is 7. The second-order valence-corrected chi connectivity index (χ2v) is 8.81. The minimum atomic E-state index is -0.681. The Morgan fingerprint density at radius 2 is 1.71 bits per heavy atom. The zero-order chi connectivity index (χ0) is 22.4. The zero-order valence-corrected chi connectivity index (χ0v) is 18.8. The largest absolute Gasteiger partial charge is 0.352 e. The summed E-state index contributed by atoms with van der Waals surface area (Å²) in [5, 5.41) is 3.11. The van der Waals surface area contributed by atoms with Gasteiger partial charge in [0, 0.05) is 18.2 Å². The second-order valence-electron chi connectivity index (χ2n) is 8.81. The van der Waals surface area contributed by atoms with Crippen LogP contribution < -0.4 is 5.32 Å². The summed E-state index contributed by atoms with van der Waals surface area (Å²) in [6, 6.07) is 11.9. The molecule has 1 atom stereocenters. The van der Waals surface area contributed by atoms with Gasteiger partial charge in [0.2, 0.25) is 11.8 Å². The van der Waals surface area contributed by atoms with Crippen LogP contribution in [0.2, 0.25) is 0 Å². The van der Waals surface area contributed by atoms with Crippen LogP contribution in [0.15, 0.2) is 42.5 Å². The molecular weight excluding hydrogens is 391 g/mol. The normalized spacial score (nSPS) is 15.4. The van der Waals surface area contributed by atoms with Gasteiger partial charge in [-0.1, -0.05) is 66.8 Å². The molecule has 1 aliphatic carbocycles. The first-order valence-corrected chi connectivity index (χ1v) is 11.2. The van der Waals surface area contributed by atoms with E-state index < -0.39 is 6.04 Å². The van der Waals surface area contributed by atoms with E-state index in [1.54, 1.807) is 25.1 Å². The van der Waals surface area contributed by atoms with Gasteiger partial charge in [-0.05, 0) is 45.2 Å². The Hall–Kier alpha value is -2.69. The van der Waals surface area contributed by atoms with Crippen molar-refractivity contribution in [3.63, 3.8) is 0 Å². The van der Waals surface area contributed by atoms with Crippen molar-refractivity contribution in [3.8, 4) is 0 Å². The summed E-state index contributed by atoms with van der Waals surface area (Å²) >= 11 is 0. The topological polar surface area (TPSA) is 49.4 Å². The van der Waals surface area contributed by atoms with E-state index in [4.69, 9.17) is 0 Å². The minimum Gasteiger partial charge on any atom is -0.352 e. The zero-order valence-electron chi connectivity index (χ0n) is 18.8. The first kappa shape index (κ1) is 23.0. The molecule has 1 saturated carbocycles. The maximum atomic E-state index is 14.3. The fourth-order valence-corrected chi connectivity index (χ4v) is 4.41. The summed E-state index contributed by atoms with van der Waals surface area (Å²) in [6.07, 6.45) is 5.56. The Balaban J connectivity index is 1.79. The molecule has 0 bridgehead atoms. The summed E-state index contributed by atoms with van der Waals surface area (Å²) in [5.74, 6) is -0.719. The fraction of sp³-hybridized carbons (Fsp3) is 0.462. The first-order chi connectivity index (χ1) is 14.8. The lowest BCUT2D eigenvalue weighted by Crippen LogP contribution is -2.50. The number of aryl methyl sites for hydroxylation is 2. The van der Waals surface area contributed by atoms with Crippen LogP contribution in [0.3, 0.4) is 0 Å². The van der Waals surface area contributed by atoms with Crippen LogP contribution in [-0.4, -0.2) is 28.8 Å². The smallest absolute Gasteiger partial charge is 0.242 e. The van der Waals surface area contributed by atoms with Crippen LogP contribution in [0.25, 0.3) is 0 Å². The number of amides is 2. The second kappa shape index (κ2) is 10.6. The van der Waals surface area contributed by atoms with Crippen molar-refractivity contribution in [1.29, 1.82) is 0 Å². The van der Waals surface area contributed by atoms with Gasteiger partial charge in [0.25, 0.3) is 0 Å². The van der Waals surface area contributed by atoms with E-state index in [-0.39, 0.29) is 36.6 Å². The summed E-state index contributed by atoms with van der Waals surface area (Å²) in [5.41, 5.74) is 3.49. The van der Waals surface area contributed by atoms with Crippen LogP contribution in [-0.2, 0) is 22.6 Å². The summed E-state index contributed by atoms with van der Waals surface area (Å²) in [7, 11) is 0. The molecule has 4 nitrogen and oxygen atoms in total. The van der Waals surface area contributed by atoms with Gasteiger partial charge < -0.3 is 10.2 Å². The predicted molar refractivity (Wildman–Crippen MR) is 121 cm³/mol. The third kappa shape index (κ3) is 6.39. The Morgan fingerprint density at radius 1 is 1.06 bits per heavy atom. The maximum absolute atomic E-state index is 14.3. The van der Waals surface area contributed by atoms with Crippen molar-refractivity contribution in [1.82, 2.24) is 10.2 Å². The maximum Gasteiger partial charge on any atom is 0.242 e. The van der Waals surface area contributed by atoms with E-state index >= 15 is 0 Å². The van der Waals surface area contributed by atoms with Gasteiger partial charge in [0.1, 0.15) is 11.9 Å². The molecule has 2 aromatic carbocycles. The summed E-state index contributed by atoms with van der Waals surface area (Å²) in [6.45, 7) is 5.80. The Bertz CT molecular complexity index is 901. The number of carbonyl (C=O) groups excluding carboxylic acids is 2. The van der Waals surface area contributed by atoms with E-state index in [1.165, 1.54) is 17.4 Å². The third-order valence-corrected chi connectivity index (χ3v) is 6.05. The van der Waals surface area contributed by atoms with Crippen molar-refractivity contribution in [2.45, 2.75) is 77.9 Å². The molecule has 0 aromatic heterocycles. The molecule has 1 aliphatic rings. The van der Waals surface area contributed by atoms with Crippen LogP contribution in [0.5, 0.6) is 0 Å². The van der Waals surface area contributed by atoms with Crippen molar-refractivity contribution in [2.75, 3.05) is 0 Å². The lowest BCUT2D eigenvalue weighted by molar-refractivity contribution is -0.140. The number of hydrogen-bond acceptors (Lipinski definition) is 2. The number of halogens is 1. The minimum absolute atomic E-state index is 0.0650. The molecule has 2 amide bonds. The number of nitrogens with zero attached hydrogens (tertiary/aromatic N) is 1. The number of benzene rings is 2. The summed E-state index contributed by atoms with van der Waals surface area (Å²) in [4.78, 5) is 27.8.